The van der Waals surface area contributed by atoms with Gasteiger partial charge in [0.2, 0.25) is 0 Å². The van der Waals surface area contributed by atoms with Crippen LogP contribution >= 0.6 is 0 Å². The Morgan fingerprint density at radius 2 is 1.63 bits per heavy atom. The highest BCUT2D eigenvalue weighted by Crippen LogP contribution is 2.16. The summed E-state index contributed by atoms with van der Waals surface area (Å²) >= 11 is 0. The van der Waals surface area contributed by atoms with E-state index in [2.05, 4.69) is 18.7 Å². The molecule has 0 aliphatic carbocycles. The van der Waals surface area contributed by atoms with Crippen molar-refractivity contribution in [1.82, 2.24) is 14.7 Å². The normalized spacial score (nSPS) is 25.5. The largest absolute Gasteiger partial charge is 0.334 e. The van der Waals surface area contributed by atoms with Crippen molar-refractivity contribution in [2.45, 2.75) is 26.7 Å². The standard InChI is InChI=1S/C14H25N3O2/c1-3-15-7-9-16(10-8-15)13(18)14(19)17-6-4-5-12(2)11-17/h12H,3-11H2,1-2H3. The first-order chi connectivity index (χ1) is 9.11. The van der Waals surface area contributed by atoms with Gasteiger partial charge >= 0.3 is 11.8 Å². The second-order valence-corrected chi connectivity index (χ2v) is 5.73. The minimum Gasteiger partial charge on any atom is -0.334 e. The van der Waals surface area contributed by atoms with Crippen LogP contribution in [0.4, 0.5) is 0 Å². The maximum absolute atomic E-state index is 12.2. The zero-order valence-electron chi connectivity index (χ0n) is 12.1. The summed E-state index contributed by atoms with van der Waals surface area (Å²) in [4.78, 5) is 30.2. The summed E-state index contributed by atoms with van der Waals surface area (Å²) in [6.07, 6.45) is 2.18. The summed E-state index contributed by atoms with van der Waals surface area (Å²) in [5, 5.41) is 0. The molecule has 0 bridgehead atoms. The van der Waals surface area contributed by atoms with Gasteiger partial charge in [-0.3, -0.25) is 9.59 Å². The van der Waals surface area contributed by atoms with Gasteiger partial charge in [0.1, 0.15) is 0 Å². The lowest BCUT2D eigenvalue weighted by atomic mass is 10.0. The molecule has 2 heterocycles. The van der Waals surface area contributed by atoms with Crippen LogP contribution in [-0.2, 0) is 9.59 Å². The Morgan fingerprint density at radius 3 is 2.21 bits per heavy atom. The number of rotatable bonds is 1. The highest BCUT2D eigenvalue weighted by Gasteiger charge is 2.31. The number of hydrogen-bond donors (Lipinski definition) is 0. The fourth-order valence-electron chi connectivity index (χ4n) is 2.91. The van der Waals surface area contributed by atoms with E-state index in [1.165, 1.54) is 0 Å². The average molecular weight is 267 g/mol. The average Bonchev–Trinajstić information content (AvgIpc) is 2.46. The number of piperazine rings is 1. The molecule has 2 rings (SSSR count). The van der Waals surface area contributed by atoms with Gasteiger partial charge in [0.05, 0.1) is 0 Å². The predicted molar refractivity (Wildman–Crippen MR) is 73.7 cm³/mol. The highest BCUT2D eigenvalue weighted by atomic mass is 16.2. The molecule has 5 nitrogen and oxygen atoms in total. The van der Waals surface area contributed by atoms with E-state index >= 15 is 0 Å². The molecule has 2 fully saturated rings. The summed E-state index contributed by atoms with van der Waals surface area (Å²) in [6.45, 7) is 9.88. The third kappa shape index (κ3) is 3.47. The number of piperidine rings is 1. The van der Waals surface area contributed by atoms with Crippen LogP contribution < -0.4 is 0 Å². The Balaban J connectivity index is 1.87. The molecule has 2 saturated heterocycles. The Morgan fingerprint density at radius 1 is 1.00 bits per heavy atom. The van der Waals surface area contributed by atoms with Gasteiger partial charge < -0.3 is 14.7 Å². The van der Waals surface area contributed by atoms with Crippen molar-refractivity contribution >= 4 is 11.8 Å². The van der Waals surface area contributed by atoms with Gasteiger partial charge in [-0.05, 0) is 25.3 Å². The zero-order chi connectivity index (χ0) is 13.8. The van der Waals surface area contributed by atoms with E-state index in [-0.39, 0.29) is 11.8 Å². The lowest BCUT2D eigenvalue weighted by Gasteiger charge is -2.36. The van der Waals surface area contributed by atoms with Crippen molar-refractivity contribution in [3.63, 3.8) is 0 Å². The molecule has 108 valence electrons. The molecule has 0 spiro atoms. The molecule has 19 heavy (non-hydrogen) atoms. The number of likely N-dealkylation sites (tertiary alicyclic amines) is 1. The fraction of sp³-hybridized carbons (Fsp3) is 0.857. The van der Waals surface area contributed by atoms with E-state index in [9.17, 15) is 9.59 Å². The molecule has 2 aliphatic heterocycles. The van der Waals surface area contributed by atoms with Crippen LogP contribution in [0.2, 0.25) is 0 Å². The van der Waals surface area contributed by atoms with Gasteiger partial charge in [0.25, 0.3) is 0 Å². The zero-order valence-corrected chi connectivity index (χ0v) is 12.1. The minimum absolute atomic E-state index is 0.295. The predicted octanol–water partition coefficient (Wildman–Crippen LogP) is 0.409. The molecular formula is C14H25N3O2. The lowest BCUT2D eigenvalue weighted by Crippen LogP contribution is -2.54. The Hall–Kier alpha value is -1.10. The third-order valence-corrected chi connectivity index (χ3v) is 4.23. The summed E-state index contributed by atoms with van der Waals surface area (Å²) < 4.78 is 0. The molecule has 0 saturated carbocycles. The fourth-order valence-corrected chi connectivity index (χ4v) is 2.91. The quantitative estimate of drug-likeness (QED) is 0.646. The van der Waals surface area contributed by atoms with E-state index in [1.807, 2.05) is 0 Å². The highest BCUT2D eigenvalue weighted by molar-refractivity contribution is 6.34. The summed E-state index contributed by atoms with van der Waals surface area (Å²) in [5.74, 6) is -0.0798. The number of nitrogens with zero attached hydrogens (tertiary/aromatic N) is 3. The first-order valence-corrected chi connectivity index (χ1v) is 7.42. The second kappa shape index (κ2) is 6.37. The molecular weight excluding hydrogens is 242 g/mol. The third-order valence-electron chi connectivity index (χ3n) is 4.23. The van der Waals surface area contributed by atoms with Crippen molar-refractivity contribution in [3.05, 3.63) is 0 Å². The second-order valence-electron chi connectivity index (χ2n) is 5.73. The van der Waals surface area contributed by atoms with E-state index in [0.29, 0.717) is 19.0 Å². The molecule has 5 heteroatoms. The molecule has 1 unspecified atom stereocenters. The van der Waals surface area contributed by atoms with E-state index in [4.69, 9.17) is 0 Å². The van der Waals surface area contributed by atoms with Gasteiger partial charge in [-0.15, -0.1) is 0 Å². The maximum Gasteiger partial charge on any atom is 0.312 e. The topological polar surface area (TPSA) is 43.9 Å². The van der Waals surface area contributed by atoms with Crippen molar-refractivity contribution in [3.8, 4) is 0 Å². The van der Waals surface area contributed by atoms with Crippen LogP contribution in [0, 0.1) is 5.92 Å². The summed E-state index contributed by atoms with van der Waals surface area (Å²) in [6, 6.07) is 0. The first-order valence-electron chi connectivity index (χ1n) is 7.42. The van der Waals surface area contributed by atoms with Crippen molar-refractivity contribution in [1.29, 1.82) is 0 Å². The Kier molecular flexibility index (Phi) is 4.80. The van der Waals surface area contributed by atoms with E-state index in [0.717, 1.165) is 45.6 Å². The lowest BCUT2D eigenvalue weighted by molar-refractivity contribution is -0.153. The number of hydrogen-bond acceptors (Lipinski definition) is 3. The van der Waals surface area contributed by atoms with E-state index in [1.54, 1.807) is 9.80 Å². The van der Waals surface area contributed by atoms with E-state index < -0.39 is 0 Å². The van der Waals surface area contributed by atoms with Crippen molar-refractivity contribution in [2.75, 3.05) is 45.8 Å². The Labute approximate surface area is 115 Å². The van der Waals surface area contributed by atoms with Crippen LogP contribution in [-0.4, -0.2) is 72.3 Å². The minimum atomic E-state index is -0.301. The molecule has 0 aromatic rings. The summed E-state index contributed by atoms with van der Waals surface area (Å²) in [7, 11) is 0. The molecule has 0 aromatic heterocycles. The number of carbonyl (C=O) groups excluding carboxylic acids is 2. The molecule has 0 aromatic carbocycles. The molecule has 1 atom stereocenters. The Bertz CT molecular complexity index is 338. The summed E-state index contributed by atoms with van der Waals surface area (Å²) in [5.41, 5.74) is 0. The maximum atomic E-state index is 12.2. The smallest absolute Gasteiger partial charge is 0.312 e. The van der Waals surface area contributed by atoms with Gasteiger partial charge in [-0.1, -0.05) is 13.8 Å². The van der Waals surface area contributed by atoms with Gasteiger partial charge in [-0.25, -0.2) is 0 Å². The monoisotopic (exact) mass is 267 g/mol. The van der Waals surface area contributed by atoms with Gasteiger partial charge in [0, 0.05) is 39.3 Å². The first kappa shape index (κ1) is 14.3. The number of amides is 2. The van der Waals surface area contributed by atoms with Crippen molar-refractivity contribution < 1.29 is 9.59 Å². The molecule has 2 amide bonds. The van der Waals surface area contributed by atoms with Crippen LogP contribution in [0.3, 0.4) is 0 Å². The SMILES string of the molecule is CCN1CCN(C(=O)C(=O)N2CCCC(C)C2)CC1. The van der Waals surface area contributed by atoms with Crippen LogP contribution in [0.25, 0.3) is 0 Å². The van der Waals surface area contributed by atoms with Crippen LogP contribution in [0.5, 0.6) is 0 Å². The number of likely N-dealkylation sites (N-methyl/N-ethyl adjacent to an activating group) is 1. The van der Waals surface area contributed by atoms with Gasteiger partial charge in [-0.2, -0.15) is 0 Å². The molecule has 2 aliphatic rings. The molecule has 0 N–H and O–H groups in total. The number of carbonyl (C=O) groups is 2. The van der Waals surface area contributed by atoms with Crippen LogP contribution in [0.15, 0.2) is 0 Å². The van der Waals surface area contributed by atoms with Crippen LogP contribution in [0.1, 0.15) is 26.7 Å². The van der Waals surface area contributed by atoms with Crippen molar-refractivity contribution in [2.24, 2.45) is 5.92 Å². The van der Waals surface area contributed by atoms with Gasteiger partial charge in [0.15, 0.2) is 0 Å². The molecule has 0 radical (unpaired) electrons.